The average molecular weight is 876 g/mol. The normalized spacial score (nSPS) is 13.2. The summed E-state index contributed by atoms with van der Waals surface area (Å²) in [7, 11) is 0. The summed E-state index contributed by atoms with van der Waals surface area (Å²) in [6.07, 6.45) is 57.0. The van der Waals surface area contributed by atoms with Crippen LogP contribution in [-0.4, -0.2) is 46.9 Å². The molecule has 0 fully saturated rings. The van der Waals surface area contributed by atoms with E-state index in [0.29, 0.717) is 19.3 Å². The largest absolute Gasteiger partial charge is 0.462 e. The second kappa shape index (κ2) is 50.6. The van der Waals surface area contributed by atoms with E-state index >= 15 is 0 Å². The molecule has 3 N–H and O–H groups in total. The zero-order valence-electron chi connectivity index (χ0n) is 42.0. The van der Waals surface area contributed by atoms with Gasteiger partial charge in [0.2, 0.25) is 5.91 Å². The second-order valence-electron chi connectivity index (χ2n) is 19.3. The Morgan fingerprint density at radius 3 is 1.15 bits per heavy atom. The van der Waals surface area contributed by atoms with E-state index < -0.39 is 18.2 Å². The number of esters is 1. The number of rotatable bonds is 51. The van der Waals surface area contributed by atoms with E-state index in [2.05, 4.69) is 38.2 Å². The van der Waals surface area contributed by atoms with E-state index in [1.165, 1.54) is 212 Å². The monoisotopic (exact) mass is 876 g/mol. The Balaban J connectivity index is 4.47. The molecule has 1 amide bonds. The van der Waals surface area contributed by atoms with Crippen LogP contribution in [0.3, 0.4) is 0 Å². The van der Waals surface area contributed by atoms with Crippen molar-refractivity contribution in [3.63, 3.8) is 0 Å². The molecule has 0 aliphatic rings. The molecular formula is C56H109NO5. The molecule has 0 saturated heterocycles. The van der Waals surface area contributed by atoms with Crippen LogP contribution in [0.15, 0.2) is 12.2 Å². The van der Waals surface area contributed by atoms with Crippen molar-refractivity contribution in [3.8, 4) is 0 Å². The summed E-state index contributed by atoms with van der Waals surface area (Å²) in [5, 5.41) is 23.9. The van der Waals surface area contributed by atoms with Crippen LogP contribution in [0.1, 0.15) is 310 Å². The summed E-state index contributed by atoms with van der Waals surface area (Å²) in [4.78, 5) is 26.2. The van der Waals surface area contributed by atoms with E-state index in [-0.39, 0.29) is 24.9 Å². The molecule has 0 aromatic carbocycles. The predicted molar refractivity (Wildman–Crippen MR) is 269 cm³/mol. The van der Waals surface area contributed by atoms with E-state index in [1.54, 1.807) is 0 Å². The minimum absolute atomic E-state index is 0.0790. The predicted octanol–water partition coefficient (Wildman–Crippen LogP) is 16.9. The summed E-state index contributed by atoms with van der Waals surface area (Å²) in [6.45, 7) is 6.51. The molecule has 62 heavy (non-hydrogen) atoms. The van der Waals surface area contributed by atoms with Crippen molar-refractivity contribution in [2.45, 2.75) is 328 Å². The molecule has 0 bridgehead atoms. The van der Waals surface area contributed by atoms with Crippen molar-refractivity contribution in [3.05, 3.63) is 12.2 Å². The van der Waals surface area contributed by atoms with Crippen molar-refractivity contribution in [2.75, 3.05) is 6.61 Å². The van der Waals surface area contributed by atoms with Gasteiger partial charge in [-0.15, -0.1) is 0 Å². The highest BCUT2D eigenvalue weighted by Gasteiger charge is 2.24. The highest BCUT2D eigenvalue weighted by atomic mass is 16.5. The molecule has 0 aliphatic carbocycles. The van der Waals surface area contributed by atoms with Gasteiger partial charge in [0.15, 0.2) is 0 Å². The number of carbonyl (C=O) groups is 2. The lowest BCUT2D eigenvalue weighted by atomic mass is 10.0. The molecule has 0 aliphatic heterocycles. The summed E-state index contributed by atoms with van der Waals surface area (Å²) in [6, 6.07) is -0.698. The molecule has 368 valence electrons. The number of ether oxygens (including phenoxy) is 1. The molecule has 0 aromatic rings. The first-order valence-electron chi connectivity index (χ1n) is 27.9. The van der Waals surface area contributed by atoms with Gasteiger partial charge < -0.3 is 20.3 Å². The molecule has 0 saturated carbocycles. The van der Waals surface area contributed by atoms with Gasteiger partial charge >= 0.3 is 5.97 Å². The maximum atomic E-state index is 13.2. The highest BCUT2D eigenvalue weighted by Crippen LogP contribution is 2.19. The maximum Gasteiger partial charge on any atom is 0.306 e. The van der Waals surface area contributed by atoms with Crippen molar-refractivity contribution >= 4 is 11.9 Å². The Morgan fingerprint density at radius 2 is 0.774 bits per heavy atom. The Bertz CT molecular complexity index is 939. The SMILES string of the molecule is CCCCCCCCC/C=C\CCCCCC(=O)OC(CCCCCCCCCCCCCC)CC(=O)NC(CO)C(O)CCCCCCCCCCCCCCCCCCC. The van der Waals surface area contributed by atoms with Gasteiger partial charge in [-0.25, -0.2) is 0 Å². The van der Waals surface area contributed by atoms with Crippen molar-refractivity contribution in [1.29, 1.82) is 0 Å². The van der Waals surface area contributed by atoms with Crippen LogP contribution < -0.4 is 5.32 Å². The van der Waals surface area contributed by atoms with Crippen LogP contribution in [0.2, 0.25) is 0 Å². The fourth-order valence-electron chi connectivity index (χ4n) is 8.84. The molecule has 0 heterocycles. The number of carbonyl (C=O) groups excluding carboxylic acids is 2. The quantitative estimate of drug-likeness (QED) is 0.0321. The molecule has 6 heteroatoms. The number of amides is 1. The highest BCUT2D eigenvalue weighted by molar-refractivity contribution is 5.77. The fourth-order valence-corrected chi connectivity index (χ4v) is 8.84. The van der Waals surface area contributed by atoms with Crippen LogP contribution in [0.4, 0.5) is 0 Å². The third kappa shape index (κ3) is 45.2. The third-order valence-electron chi connectivity index (χ3n) is 13.1. The van der Waals surface area contributed by atoms with E-state index in [1.807, 2.05) is 0 Å². The van der Waals surface area contributed by atoms with Gasteiger partial charge in [0, 0.05) is 6.42 Å². The standard InChI is InChI=1S/C56H109NO5/c1-4-7-10-13-16-19-22-25-27-28-29-30-33-36-39-42-45-48-54(59)53(51-58)57-55(60)50-52(47-44-41-38-35-32-24-21-18-15-12-9-6-3)62-56(61)49-46-43-40-37-34-31-26-23-20-17-14-11-8-5-2/h31,34,52-54,58-59H,4-30,32-33,35-51H2,1-3H3,(H,57,60)/b34-31-. The number of nitrogens with one attached hydrogen (secondary N) is 1. The van der Waals surface area contributed by atoms with Gasteiger partial charge in [-0.05, 0) is 51.4 Å². The minimum Gasteiger partial charge on any atom is -0.462 e. The fraction of sp³-hybridized carbons (Fsp3) is 0.929. The lowest BCUT2D eigenvalue weighted by Gasteiger charge is -2.24. The van der Waals surface area contributed by atoms with Crippen molar-refractivity contribution < 1.29 is 24.5 Å². The Hall–Kier alpha value is -1.40. The third-order valence-corrected chi connectivity index (χ3v) is 13.1. The number of aliphatic hydroxyl groups is 2. The lowest BCUT2D eigenvalue weighted by Crippen LogP contribution is -2.46. The molecule has 0 rings (SSSR count). The van der Waals surface area contributed by atoms with Crippen LogP contribution >= 0.6 is 0 Å². The minimum atomic E-state index is -0.784. The molecule has 0 spiro atoms. The van der Waals surface area contributed by atoms with Crippen LogP contribution in [-0.2, 0) is 14.3 Å². The molecule has 6 nitrogen and oxygen atoms in total. The van der Waals surface area contributed by atoms with Crippen molar-refractivity contribution in [1.82, 2.24) is 5.32 Å². The van der Waals surface area contributed by atoms with Crippen LogP contribution in [0.5, 0.6) is 0 Å². The number of unbranched alkanes of at least 4 members (excludes halogenated alkanes) is 37. The number of allylic oxidation sites excluding steroid dienone is 2. The van der Waals surface area contributed by atoms with Crippen molar-refractivity contribution in [2.24, 2.45) is 0 Å². The zero-order valence-corrected chi connectivity index (χ0v) is 42.0. The summed E-state index contributed by atoms with van der Waals surface area (Å²) < 4.78 is 5.94. The van der Waals surface area contributed by atoms with Gasteiger partial charge in [0.05, 0.1) is 25.2 Å². The van der Waals surface area contributed by atoms with Gasteiger partial charge in [-0.2, -0.15) is 0 Å². The summed E-state index contributed by atoms with van der Waals surface area (Å²) in [5.74, 6) is -0.473. The van der Waals surface area contributed by atoms with Gasteiger partial charge in [0.25, 0.3) is 0 Å². The van der Waals surface area contributed by atoms with Gasteiger partial charge in [-0.3, -0.25) is 9.59 Å². The Labute approximate surface area is 387 Å². The van der Waals surface area contributed by atoms with Gasteiger partial charge in [0.1, 0.15) is 6.10 Å². The van der Waals surface area contributed by atoms with Crippen LogP contribution in [0, 0.1) is 0 Å². The van der Waals surface area contributed by atoms with Gasteiger partial charge in [-0.1, -0.05) is 258 Å². The summed E-state index contributed by atoms with van der Waals surface area (Å²) >= 11 is 0. The molecular weight excluding hydrogens is 767 g/mol. The number of hydrogen-bond donors (Lipinski definition) is 3. The maximum absolute atomic E-state index is 13.2. The Kier molecular flexibility index (Phi) is 49.5. The number of aliphatic hydroxyl groups excluding tert-OH is 2. The molecule has 0 radical (unpaired) electrons. The van der Waals surface area contributed by atoms with Crippen LogP contribution in [0.25, 0.3) is 0 Å². The first kappa shape index (κ1) is 60.6. The Morgan fingerprint density at radius 1 is 0.452 bits per heavy atom. The number of hydrogen-bond acceptors (Lipinski definition) is 5. The van der Waals surface area contributed by atoms with E-state index in [4.69, 9.17) is 4.74 Å². The molecule has 3 unspecified atom stereocenters. The van der Waals surface area contributed by atoms with E-state index in [0.717, 1.165) is 51.4 Å². The average Bonchev–Trinajstić information content (AvgIpc) is 3.26. The first-order valence-corrected chi connectivity index (χ1v) is 27.9. The molecule has 0 aromatic heterocycles. The zero-order chi connectivity index (χ0) is 45.2. The molecule has 3 atom stereocenters. The van der Waals surface area contributed by atoms with E-state index in [9.17, 15) is 19.8 Å². The topological polar surface area (TPSA) is 95.9 Å². The second-order valence-corrected chi connectivity index (χ2v) is 19.3. The summed E-state index contributed by atoms with van der Waals surface area (Å²) in [5.41, 5.74) is 0. The lowest BCUT2D eigenvalue weighted by molar-refractivity contribution is -0.151. The smallest absolute Gasteiger partial charge is 0.306 e. The first-order chi connectivity index (χ1) is 30.5.